The van der Waals surface area contributed by atoms with E-state index in [4.69, 9.17) is 29.3 Å². The van der Waals surface area contributed by atoms with Crippen LogP contribution in [0.2, 0.25) is 0 Å². The topological polar surface area (TPSA) is 110 Å². The lowest BCUT2D eigenvalue weighted by Gasteiger charge is -2.33. The number of nitrogens with one attached hydrogen (secondary N) is 1. The molecule has 14 heteroatoms. The van der Waals surface area contributed by atoms with Crippen molar-refractivity contribution >= 4 is 28.6 Å². The number of carboxylic acid groups (broad SMARTS) is 1. The number of carboxylic acids is 1. The maximum Gasteiger partial charge on any atom is 0.490 e. The first-order chi connectivity index (χ1) is 17.6. The normalized spacial score (nSPS) is 14.2. The smallest absolute Gasteiger partial charge is 0.487 e. The molecule has 0 radical (unpaired) electrons. The van der Waals surface area contributed by atoms with Crippen molar-refractivity contribution in [2.45, 2.75) is 25.1 Å². The van der Waals surface area contributed by atoms with Crippen LogP contribution >= 0.6 is 0 Å². The molecule has 2 aromatic heterocycles. The molecule has 1 fully saturated rings. The summed E-state index contributed by atoms with van der Waals surface area (Å²) in [6.07, 6.45) is -0.492. The van der Waals surface area contributed by atoms with E-state index in [1.807, 2.05) is 6.07 Å². The van der Waals surface area contributed by atoms with E-state index in [0.29, 0.717) is 44.9 Å². The van der Waals surface area contributed by atoms with Crippen LogP contribution in [0.1, 0.15) is 12.8 Å². The molecular weight excluding hydrogens is 505 g/mol. The van der Waals surface area contributed by atoms with Gasteiger partial charge in [-0.15, -0.1) is 0 Å². The molecular formula is C23H24F5N5O4. The molecule has 0 unspecified atom stereocenters. The highest BCUT2D eigenvalue weighted by molar-refractivity contribution is 5.79. The van der Waals surface area contributed by atoms with Crippen molar-refractivity contribution in [3.63, 3.8) is 0 Å². The number of halogens is 5. The first kappa shape index (κ1) is 27.8. The molecule has 1 aliphatic heterocycles. The second kappa shape index (κ2) is 12.4. The first-order valence-electron chi connectivity index (χ1n) is 11.1. The number of benzene rings is 1. The molecule has 3 aromatic rings. The maximum absolute atomic E-state index is 13.9. The summed E-state index contributed by atoms with van der Waals surface area (Å²) in [5.41, 5.74) is 1.48. The zero-order valence-corrected chi connectivity index (χ0v) is 19.6. The zero-order chi connectivity index (χ0) is 27.0. The average molecular weight is 529 g/mol. The van der Waals surface area contributed by atoms with Gasteiger partial charge >= 0.3 is 12.1 Å². The fraction of sp³-hybridized carbons (Fsp3) is 0.391. The van der Waals surface area contributed by atoms with Gasteiger partial charge in [0.25, 0.3) is 0 Å². The van der Waals surface area contributed by atoms with E-state index in [-0.39, 0.29) is 11.9 Å². The average Bonchev–Trinajstić information content (AvgIpc) is 2.86. The number of piperidine rings is 1. The second-order valence-corrected chi connectivity index (χ2v) is 7.86. The molecule has 200 valence electrons. The van der Waals surface area contributed by atoms with Crippen LogP contribution in [0.5, 0.6) is 5.75 Å². The largest absolute Gasteiger partial charge is 0.490 e. The van der Waals surface area contributed by atoms with Gasteiger partial charge in [-0.05, 0) is 18.2 Å². The Bertz CT molecular complexity index is 1210. The summed E-state index contributed by atoms with van der Waals surface area (Å²) in [6.45, 7) is 2.51. The summed E-state index contributed by atoms with van der Waals surface area (Å²) in [7, 11) is 1.65. The van der Waals surface area contributed by atoms with Crippen LogP contribution in [0.3, 0.4) is 0 Å². The number of hydrogen-bond donors (Lipinski definition) is 2. The van der Waals surface area contributed by atoms with Gasteiger partial charge in [-0.25, -0.2) is 23.5 Å². The van der Waals surface area contributed by atoms with E-state index < -0.39 is 23.8 Å². The van der Waals surface area contributed by atoms with Gasteiger partial charge in [0, 0.05) is 51.8 Å². The molecule has 37 heavy (non-hydrogen) atoms. The summed E-state index contributed by atoms with van der Waals surface area (Å²) in [5.74, 6) is -2.55. The summed E-state index contributed by atoms with van der Waals surface area (Å²) in [6, 6.07) is 5.19. The lowest BCUT2D eigenvalue weighted by atomic mass is 10.1. The first-order valence-corrected chi connectivity index (χ1v) is 11.1. The van der Waals surface area contributed by atoms with Crippen molar-refractivity contribution in [1.29, 1.82) is 0 Å². The summed E-state index contributed by atoms with van der Waals surface area (Å²) in [5, 5.41) is 10.4. The number of methoxy groups -OCH3 is 1. The third-order valence-electron chi connectivity index (χ3n) is 5.22. The lowest BCUT2D eigenvalue weighted by molar-refractivity contribution is -0.192. The monoisotopic (exact) mass is 529 g/mol. The van der Waals surface area contributed by atoms with Gasteiger partial charge in [0.05, 0.1) is 18.3 Å². The number of hydrogen-bond acceptors (Lipinski definition) is 8. The van der Waals surface area contributed by atoms with Crippen molar-refractivity contribution in [2.75, 3.05) is 43.6 Å². The molecule has 1 saturated heterocycles. The molecule has 0 bridgehead atoms. The number of aromatic nitrogens is 3. The van der Waals surface area contributed by atoms with E-state index in [2.05, 4.69) is 15.2 Å². The molecule has 0 aliphatic carbocycles. The van der Waals surface area contributed by atoms with Gasteiger partial charge in [0.1, 0.15) is 17.4 Å². The highest BCUT2D eigenvalue weighted by atomic mass is 19.4. The number of anilines is 2. The number of carbonyl (C=O) groups is 1. The van der Waals surface area contributed by atoms with E-state index >= 15 is 0 Å². The van der Waals surface area contributed by atoms with Gasteiger partial charge < -0.3 is 24.8 Å². The van der Waals surface area contributed by atoms with Gasteiger partial charge in [-0.1, -0.05) is 0 Å². The number of ether oxygens (including phenoxy) is 2. The molecule has 0 spiro atoms. The standard InChI is InChI=1S/C21H23F2N5O2.C2HF3O2/c1-29-11-8-25-20-21(27-18-13-24-7-4-17(18)26-20)28-9-5-15(6-10-28)30-19-3-2-14(22)12-16(19)23;3-2(4,5)1(6)7/h2-4,7,12-13,15H,5-6,8-11H2,1H3,(H,25,26);(H,6,7). The van der Waals surface area contributed by atoms with Crippen LogP contribution in [-0.2, 0) is 9.53 Å². The van der Waals surface area contributed by atoms with Gasteiger partial charge in [0.15, 0.2) is 23.2 Å². The van der Waals surface area contributed by atoms with Crippen molar-refractivity contribution in [1.82, 2.24) is 15.0 Å². The van der Waals surface area contributed by atoms with Crippen molar-refractivity contribution < 1.29 is 41.3 Å². The Labute approximate surface area is 208 Å². The maximum atomic E-state index is 13.9. The van der Waals surface area contributed by atoms with E-state index in [0.717, 1.165) is 22.9 Å². The van der Waals surface area contributed by atoms with Crippen LogP contribution in [-0.4, -0.2) is 71.7 Å². The van der Waals surface area contributed by atoms with Gasteiger partial charge in [-0.3, -0.25) is 4.98 Å². The fourth-order valence-electron chi connectivity index (χ4n) is 3.44. The van der Waals surface area contributed by atoms with Crippen LogP contribution in [0, 0.1) is 11.6 Å². The van der Waals surface area contributed by atoms with E-state index in [9.17, 15) is 22.0 Å². The Morgan fingerprint density at radius 2 is 1.86 bits per heavy atom. The van der Waals surface area contributed by atoms with Crippen LogP contribution < -0.4 is 15.0 Å². The van der Waals surface area contributed by atoms with Crippen molar-refractivity contribution in [3.8, 4) is 5.75 Å². The molecule has 4 rings (SSSR count). The van der Waals surface area contributed by atoms with Crippen LogP contribution in [0.25, 0.3) is 11.0 Å². The second-order valence-electron chi connectivity index (χ2n) is 7.86. The molecule has 9 nitrogen and oxygen atoms in total. The van der Waals surface area contributed by atoms with Crippen LogP contribution in [0.4, 0.5) is 33.6 Å². The fourth-order valence-corrected chi connectivity index (χ4v) is 3.44. The number of fused-ring (bicyclic) bond motifs is 1. The highest BCUT2D eigenvalue weighted by Crippen LogP contribution is 2.29. The highest BCUT2D eigenvalue weighted by Gasteiger charge is 2.38. The molecule has 0 atom stereocenters. The van der Waals surface area contributed by atoms with Gasteiger partial charge in [0.2, 0.25) is 0 Å². The summed E-state index contributed by atoms with van der Waals surface area (Å²) >= 11 is 0. The molecule has 0 saturated carbocycles. The third kappa shape index (κ3) is 7.84. The third-order valence-corrected chi connectivity index (χ3v) is 5.22. The summed E-state index contributed by atoms with van der Waals surface area (Å²) in [4.78, 5) is 24.6. The molecule has 1 aliphatic rings. The zero-order valence-electron chi connectivity index (χ0n) is 19.6. The number of alkyl halides is 3. The number of aliphatic carboxylic acids is 1. The van der Waals surface area contributed by atoms with Gasteiger partial charge in [-0.2, -0.15) is 13.2 Å². The molecule has 2 N–H and O–H groups in total. The predicted octanol–water partition coefficient (Wildman–Crippen LogP) is 4.04. The predicted molar refractivity (Wildman–Crippen MR) is 124 cm³/mol. The minimum absolute atomic E-state index is 0.0772. The Kier molecular flexibility index (Phi) is 9.33. The Morgan fingerprint density at radius 3 is 2.49 bits per heavy atom. The number of nitrogens with zero attached hydrogens (tertiary/aromatic N) is 4. The Balaban J connectivity index is 0.000000479. The van der Waals surface area contributed by atoms with E-state index in [1.165, 1.54) is 12.1 Å². The minimum Gasteiger partial charge on any atom is -0.487 e. The minimum atomic E-state index is -5.08. The summed E-state index contributed by atoms with van der Waals surface area (Å²) < 4.78 is 69.6. The number of rotatable bonds is 7. The Hall–Kier alpha value is -3.81. The number of pyridine rings is 1. The molecule has 3 heterocycles. The molecule has 0 amide bonds. The molecule has 1 aromatic carbocycles. The van der Waals surface area contributed by atoms with E-state index in [1.54, 1.807) is 19.5 Å². The van der Waals surface area contributed by atoms with Crippen molar-refractivity contribution in [2.24, 2.45) is 0 Å². The van der Waals surface area contributed by atoms with Crippen molar-refractivity contribution in [3.05, 3.63) is 48.3 Å². The Morgan fingerprint density at radius 1 is 1.16 bits per heavy atom. The van der Waals surface area contributed by atoms with Crippen LogP contribution in [0.15, 0.2) is 36.7 Å². The quantitative estimate of drug-likeness (QED) is 0.346. The SMILES string of the molecule is COCCNc1nc2ccncc2nc1N1CCC(Oc2ccc(F)cc2F)CC1.O=C(O)C(F)(F)F. The lowest BCUT2D eigenvalue weighted by Crippen LogP contribution is -2.39.